The van der Waals surface area contributed by atoms with Crippen molar-refractivity contribution in [2.45, 2.75) is 12.2 Å². The fourth-order valence-corrected chi connectivity index (χ4v) is 2.38. The smallest absolute Gasteiger partial charge is 0.335 e. The van der Waals surface area contributed by atoms with Gasteiger partial charge in [0, 0.05) is 5.56 Å². The average molecular weight is 312 g/mol. The van der Waals surface area contributed by atoms with Crippen molar-refractivity contribution >= 4 is 17.7 Å². The van der Waals surface area contributed by atoms with E-state index in [1.54, 1.807) is 12.1 Å². The maximum atomic E-state index is 12.4. The van der Waals surface area contributed by atoms with Gasteiger partial charge >= 0.3 is 11.9 Å². The third kappa shape index (κ3) is 2.97. The van der Waals surface area contributed by atoms with Crippen LogP contribution in [0.25, 0.3) is 0 Å². The van der Waals surface area contributed by atoms with Crippen LogP contribution in [0.5, 0.6) is 0 Å². The number of Topliss-reactive ketones (excluding diaryl/α,β-unsaturated/α-hetero) is 1. The van der Waals surface area contributed by atoms with Gasteiger partial charge in [0.05, 0.1) is 11.1 Å². The second kappa shape index (κ2) is 5.66. The summed E-state index contributed by atoms with van der Waals surface area (Å²) in [6, 6.07) is 11.9. The summed E-state index contributed by atoms with van der Waals surface area (Å²) in [5, 5.41) is 17.9. The summed E-state index contributed by atoms with van der Waals surface area (Å²) >= 11 is 0. The number of ether oxygens (including phenoxy) is 1. The zero-order chi connectivity index (χ0) is 16.6. The van der Waals surface area contributed by atoms with Gasteiger partial charge in [0.2, 0.25) is 0 Å². The van der Waals surface area contributed by atoms with Crippen LogP contribution in [-0.2, 0) is 4.74 Å². The number of carboxylic acid groups (broad SMARTS) is 2. The Balaban J connectivity index is 1.79. The summed E-state index contributed by atoms with van der Waals surface area (Å²) in [6.07, 6.45) is -1.22. The summed E-state index contributed by atoms with van der Waals surface area (Å²) in [5.74, 6) is -2.48. The number of hydrogen-bond donors (Lipinski definition) is 2. The second-order valence-corrected chi connectivity index (χ2v) is 5.16. The van der Waals surface area contributed by atoms with Crippen molar-refractivity contribution in [3.8, 4) is 0 Å². The molecule has 0 radical (unpaired) electrons. The van der Waals surface area contributed by atoms with Crippen molar-refractivity contribution in [1.82, 2.24) is 0 Å². The van der Waals surface area contributed by atoms with E-state index in [0.717, 1.165) is 0 Å². The number of ketones is 1. The standard InChI is InChI=1S/C17H12O6/c18-13(9-3-1-5-11(7-9)16(19)20)15-14(23-15)10-4-2-6-12(8-10)17(21)22/h1-8,14-15H,(H,19,20)(H,21,22). The Bertz CT molecular complexity index is 810. The van der Waals surface area contributed by atoms with Gasteiger partial charge in [-0.2, -0.15) is 0 Å². The first-order chi connectivity index (χ1) is 11.0. The molecule has 2 unspecified atom stereocenters. The van der Waals surface area contributed by atoms with Crippen LogP contribution in [0, 0.1) is 0 Å². The normalized spacial score (nSPS) is 19.1. The first-order valence-electron chi connectivity index (χ1n) is 6.83. The van der Waals surface area contributed by atoms with E-state index in [2.05, 4.69) is 0 Å². The summed E-state index contributed by atoms with van der Waals surface area (Å²) in [7, 11) is 0. The first kappa shape index (κ1) is 14.9. The third-order valence-corrected chi connectivity index (χ3v) is 3.61. The Morgan fingerprint density at radius 2 is 1.39 bits per heavy atom. The number of carbonyl (C=O) groups is 3. The number of epoxide rings is 1. The molecule has 2 aromatic carbocycles. The van der Waals surface area contributed by atoms with E-state index in [9.17, 15) is 14.4 Å². The van der Waals surface area contributed by atoms with Gasteiger partial charge in [-0.05, 0) is 29.8 Å². The molecule has 1 aliphatic heterocycles. The minimum atomic E-state index is -1.11. The van der Waals surface area contributed by atoms with Crippen LogP contribution >= 0.6 is 0 Å². The lowest BCUT2D eigenvalue weighted by molar-refractivity contribution is 0.0686. The molecule has 2 N–H and O–H groups in total. The van der Waals surface area contributed by atoms with Gasteiger partial charge in [0.25, 0.3) is 0 Å². The number of carbonyl (C=O) groups excluding carboxylic acids is 1. The van der Waals surface area contributed by atoms with Gasteiger partial charge in [-0.25, -0.2) is 9.59 Å². The SMILES string of the molecule is O=C(O)c1cccc(C(=O)C2OC2c2cccc(C(=O)O)c2)c1. The van der Waals surface area contributed by atoms with Gasteiger partial charge in [-0.1, -0.05) is 24.3 Å². The zero-order valence-electron chi connectivity index (χ0n) is 11.8. The molecule has 6 nitrogen and oxygen atoms in total. The van der Waals surface area contributed by atoms with Crippen molar-refractivity contribution < 1.29 is 29.3 Å². The molecular weight excluding hydrogens is 300 g/mol. The molecule has 0 aliphatic carbocycles. The lowest BCUT2D eigenvalue weighted by atomic mass is 10.00. The molecule has 1 heterocycles. The molecular formula is C17H12O6. The van der Waals surface area contributed by atoms with Gasteiger partial charge in [-0.15, -0.1) is 0 Å². The highest BCUT2D eigenvalue weighted by atomic mass is 16.6. The topological polar surface area (TPSA) is 104 Å². The van der Waals surface area contributed by atoms with E-state index in [-0.39, 0.29) is 22.5 Å². The van der Waals surface area contributed by atoms with Crippen LogP contribution in [0.1, 0.15) is 42.7 Å². The fourth-order valence-electron chi connectivity index (χ4n) is 2.38. The number of hydrogen-bond acceptors (Lipinski definition) is 4. The van der Waals surface area contributed by atoms with Crippen molar-refractivity contribution in [3.63, 3.8) is 0 Å². The highest BCUT2D eigenvalue weighted by molar-refractivity contribution is 6.03. The molecule has 0 aromatic heterocycles. The van der Waals surface area contributed by atoms with E-state index in [4.69, 9.17) is 14.9 Å². The Hall–Kier alpha value is -2.99. The first-order valence-corrected chi connectivity index (χ1v) is 6.83. The lowest BCUT2D eigenvalue weighted by Gasteiger charge is -2.01. The Labute approximate surface area is 130 Å². The van der Waals surface area contributed by atoms with E-state index in [1.807, 2.05) is 0 Å². The van der Waals surface area contributed by atoms with Gasteiger partial charge in [-0.3, -0.25) is 4.79 Å². The van der Waals surface area contributed by atoms with Crippen molar-refractivity contribution in [1.29, 1.82) is 0 Å². The maximum Gasteiger partial charge on any atom is 0.335 e. The summed E-state index contributed by atoms with van der Waals surface area (Å²) in [6.45, 7) is 0. The van der Waals surface area contributed by atoms with E-state index in [1.165, 1.54) is 36.4 Å². The van der Waals surface area contributed by atoms with Crippen molar-refractivity contribution in [3.05, 3.63) is 70.8 Å². The fraction of sp³-hybridized carbons (Fsp3) is 0.118. The van der Waals surface area contributed by atoms with Crippen LogP contribution < -0.4 is 0 Å². The molecule has 6 heteroatoms. The minimum absolute atomic E-state index is 0.0286. The summed E-state index contributed by atoms with van der Waals surface area (Å²) in [4.78, 5) is 34.3. The second-order valence-electron chi connectivity index (χ2n) is 5.16. The third-order valence-electron chi connectivity index (χ3n) is 3.61. The summed E-state index contributed by atoms with van der Waals surface area (Å²) in [5.41, 5.74) is 1.02. The molecule has 116 valence electrons. The molecule has 0 spiro atoms. The number of rotatable bonds is 5. The molecule has 0 saturated carbocycles. The van der Waals surface area contributed by atoms with E-state index in [0.29, 0.717) is 5.56 Å². The Morgan fingerprint density at radius 3 is 2.04 bits per heavy atom. The maximum absolute atomic E-state index is 12.4. The lowest BCUT2D eigenvalue weighted by Crippen LogP contribution is -2.10. The van der Waals surface area contributed by atoms with Gasteiger partial charge in [0.1, 0.15) is 6.10 Å². The number of benzene rings is 2. The number of aromatic carboxylic acids is 2. The molecule has 1 fully saturated rings. The molecule has 23 heavy (non-hydrogen) atoms. The van der Waals surface area contributed by atoms with Gasteiger partial charge < -0.3 is 14.9 Å². The summed E-state index contributed by atoms with van der Waals surface area (Å²) < 4.78 is 5.36. The minimum Gasteiger partial charge on any atom is -0.478 e. The van der Waals surface area contributed by atoms with Gasteiger partial charge in [0.15, 0.2) is 11.9 Å². The van der Waals surface area contributed by atoms with Crippen molar-refractivity contribution in [2.75, 3.05) is 0 Å². The molecule has 1 aliphatic rings. The molecule has 0 amide bonds. The highest BCUT2D eigenvalue weighted by Gasteiger charge is 2.46. The predicted molar refractivity (Wildman–Crippen MR) is 78.7 cm³/mol. The molecule has 0 bridgehead atoms. The van der Waals surface area contributed by atoms with Crippen LogP contribution in [0.4, 0.5) is 0 Å². The molecule has 1 saturated heterocycles. The van der Waals surface area contributed by atoms with Crippen LogP contribution in [0.15, 0.2) is 48.5 Å². The quantitative estimate of drug-likeness (QED) is 0.649. The average Bonchev–Trinajstić information content (AvgIpc) is 3.35. The molecule has 2 atom stereocenters. The van der Waals surface area contributed by atoms with E-state index < -0.39 is 24.1 Å². The largest absolute Gasteiger partial charge is 0.478 e. The highest BCUT2D eigenvalue weighted by Crippen LogP contribution is 2.40. The van der Waals surface area contributed by atoms with E-state index >= 15 is 0 Å². The van der Waals surface area contributed by atoms with Crippen LogP contribution in [0.3, 0.4) is 0 Å². The number of carboxylic acids is 2. The Morgan fingerprint density at radius 1 is 0.826 bits per heavy atom. The zero-order valence-corrected chi connectivity index (χ0v) is 11.8. The van der Waals surface area contributed by atoms with Crippen LogP contribution in [-0.4, -0.2) is 34.0 Å². The monoisotopic (exact) mass is 312 g/mol. The Kier molecular flexibility index (Phi) is 3.67. The van der Waals surface area contributed by atoms with Crippen LogP contribution in [0.2, 0.25) is 0 Å². The predicted octanol–water partition coefficient (Wildman–Crippen LogP) is 2.41. The molecule has 3 rings (SSSR count). The van der Waals surface area contributed by atoms with Crippen molar-refractivity contribution in [2.24, 2.45) is 0 Å². The molecule has 2 aromatic rings.